The molecule has 6 N–H and O–H groups in total. The van der Waals surface area contributed by atoms with Gasteiger partial charge in [-0.05, 0) is 13.0 Å². The first-order chi connectivity index (χ1) is 7.48. The predicted octanol–water partition coefficient (Wildman–Crippen LogP) is -1.06. The molecule has 0 saturated heterocycles. The van der Waals surface area contributed by atoms with Crippen LogP contribution in [0.4, 0.5) is 0 Å². The monoisotopic (exact) mass is 294 g/mol. The van der Waals surface area contributed by atoms with Crippen LogP contribution in [0.5, 0.6) is 0 Å². The fourth-order valence-corrected chi connectivity index (χ4v) is 3.67. The third-order valence-corrected chi connectivity index (χ3v) is 5.83. The minimum Gasteiger partial charge on any atom is -0.330 e. The van der Waals surface area contributed by atoms with Gasteiger partial charge >= 0.3 is 20.3 Å². The average molecular weight is 294 g/mol. The van der Waals surface area contributed by atoms with E-state index in [0.29, 0.717) is 0 Å². The summed E-state index contributed by atoms with van der Waals surface area (Å²) in [6.07, 6.45) is -1.22. The van der Waals surface area contributed by atoms with Crippen molar-refractivity contribution in [2.24, 2.45) is 5.73 Å². The van der Waals surface area contributed by atoms with Crippen LogP contribution in [0.1, 0.15) is 12.8 Å². The van der Waals surface area contributed by atoms with Crippen LogP contribution in [0.25, 0.3) is 0 Å². The van der Waals surface area contributed by atoms with Crippen molar-refractivity contribution in [3.8, 4) is 0 Å². The molecule has 0 bridgehead atoms. The van der Waals surface area contributed by atoms with Crippen molar-refractivity contribution in [2.75, 3.05) is 6.54 Å². The zero-order valence-electron chi connectivity index (χ0n) is 8.37. The largest absolute Gasteiger partial charge is 0.369 e. The maximum absolute atomic E-state index is 11.1. The van der Waals surface area contributed by atoms with Crippen LogP contribution in [-0.2, 0) is 14.0 Å². The zero-order valence-corrected chi connectivity index (χ0v) is 10.2. The van der Waals surface area contributed by atoms with E-state index in [1.54, 1.807) is 0 Å². The van der Waals surface area contributed by atoms with Gasteiger partial charge in [0.15, 0.2) is 0 Å². The Morgan fingerprint density at radius 3 is 1.88 bits per heavy atom. The molecule has 0 amide bonds. The van der Waals surface area contributed by atoms with Gasteiger partial charge in [0.05, 0.1) is 0 Å². The van der Waals surface area contributed by atoms with Crippen LogP contribution in [-0.4, -0.2) is 36.3 Å². The Labute approximate surface area is 95.0 Å². The third kappa shape index (κ3) is 3.71. The Balaban J connectivity index is 5.63. The molecule has 0 aromatic heterocycles. The first-order valence-corrected chi connectivity index (χ1v) is 7.35. The predicted molar refractivity (Wildman–Crippen MR) is 53.2 cm³/mol. The Kier molecular flexibility index (Phi) is 5.23. The number of nitrogens with zero attached hydrogens (tertiary/aromatic N) is 1. The zero-order chi connectivity index (χ0) is 13.9. The summed E-state index contributed by atoms with van der Waals surface area (Å²) in [7, 11) is -11.2. The Hall–Kier alpha value is -0.540. The molecule has 0 radical (unpaired) electrons. The molecule has 0 fully saturated rings. The van der Waals surface area contributed by atoms with Crippen molar-refractivity contribution in [3.63, 3.8) is 0 Å². The van der Waals surface area contributed by atoms with Crippen molar-refractivity contribution in [1.29, 1.82) is 0 Å². The first-order valence-electron chi connectivity index (χ1n) is 4.13. The molecular formula is C4H12N2O9P2. The van der Waals surface area contributed by atoms with E-state index >= 15 is 0 Å². The second kappa shape index (κ2) is 5.40. The Morgan fingerprint density at radius 1 is 1.24 bits per heavy atom. The molecular weight excluding hydrogens is 282 g/mol. The summed E-state index contributed by atoms with van der Waals surface area (Å²) >= 11 is 0. The SMILES string of the molecule is NCCCC(O[N+](=O)[O-])(P(=O)(O)O)P(=O)(O)O. The highest BCUT2D eigenvalue weighted by Gasteiger charge is 2.63. The molecule has 0 aliphatic heterocycles. The van der Waals surface area contributed by atoms with Gasteiger partial charge in [-0.15, -0.1) is 10.1 Å². The van der Waals surface area contributed by atoms with Crippen molar-refractivity contribution < 1.29 is 38.6 Å². The number of nitrogens with two attached hydrogens (primary N) is 1. The molecule has 0 heterocycles. The maximum Gasteiger partial charge on any atom is 0.369 e. The lowest BCUT2D eigenvalue weighted by molar-refractivity contribution is -0.768. The molecule has 17 heavy (non-hydrogen) atoms. The lowest BCUT2D eigenvalue weighted by atomic mass is 10.3. The fourth-order valence-electron chi connectivity index (χ4n) is 1.06. The molecule has 0 atom stereocenters. The summed E-state index contributed by atoms with van der Waals surface area (Å²) in [6, 6.07) is 0. The lowest BCUT2D eigenvalue weighted by Crippen LogP contribution is -2.35. The maximum atomic E-state index is 11.1. The summed E-state index contributed by atoms with van der Waals surface area (Å²) in [5.74, 6) is 0. The molecule has 0 aromatic rings. The molecule has 0 saturated carbocycles. The second-order valence-corrected chi connectivity index (χ2v) is 7.01. The van der Waals surface area contributed by atoms with Gasteiger partial charge in [0.25, 0.3) is 5.09 Å². The highest BCUT2D eigenvalue weighted by Crippen LogP contribution is 2.71. The smallest absolute Gasteiger partial charge is 0.330 e. The van der Waals surface area contributed by atoms with Crippen LogP contribution >= 0.6 is 15.2 Å². The van der Waals surface area contributed by atoms with Crippen LogP contribution < -0.4 is 5.73 Å². The molecule has 0 aliphatic carbocycles. The molecule has 0 aromatic carbocycles. The molecule has 13 heteroatoms. The standard InChI is InChI=1S/C4H12N2O9P2/c5-3-1-2-4(15-6(7)8,16(9,10)11)17(12,13)14/h1-3,5H2,(H2,9,10,11)(H2,12,13,14). The van der Waals surface area contributed by atoms with Crippen molar-refractivity contribution in [1.82, 2.24) is 0 Å². The van der Waals surface area contributed by atoms with Crippen LogP contribution in [0.3, 0.4) is 0 Å². The van der Waals surface area contributed by atoms with E-state index in [1.165, 1.54) is 0 Å². The van der Waals surface area contributed by atoms with Gasteiger partial charge in [-0.3, -0.25) is 14.0 Å². The van der Waals surface area contributed by atoms with E-state index in [4.69, 9.17) is 25.3 Å². The van der Waals surface area contributed by atoms with Gasteiger partial charge in [0, 0.05) is 6.42 Å². The topological polar surface area (TPSA) is 193 Å². The van der Waals surface area contributed by atoms with Gasteiger partial charge in [-0.2, -0.15) is 0 Å². The molecule has 0 aliphatic rings. The number of hydrogen-bond donors (Lipinski definition) is 5. The summed E-state index contributed by atoms with van der Waals surface area (Å²) in [5, 5.41) is 4.98. The summed E-state index contributed by atoms with van der Waals surface area (Å²) in [5.41, 5.74) is 5.02. The summed E-state index contributed by atoms with van der Waals surface area (Å²) in [6.45, 7) is -0.178. The molecule has 0 spiro atoms. The second-order valence-electron chi connectivity index (χ2n) is 3.04. The van der Waals surface area contributed by atoms with Gasteiger partial charge in [0.1, 0.15) is 0 Å². The molecule has 0 unspecified atom stereocenters. The highest BCUT2D eigenvalue weighted by molar-refractivity contribution is 7.72. The van der Waals surface area contributed by atoms with Crippen LogP contribution in [0, 0.1) is 10.1 Å². The first kappa shape index (κ1) is 16.5. The van der Waals surface area contributed by atoms with E-state index in [1.807, 2.05) is 0 Å². The van der Waals surface area contributed by atoms with Gasteiger partial charge < -0.3 is 25.3 Å². The summed E-state index contributed by atoms with van der Waals surface area (Å²) in [4.78, 5) is 49.3. The number of hydrogen-bond acceptors (Lipinski definition) is 6. The van der Waals surface area contributed by atoms with Crippen molar-refractivity contribution in [3.05, 3.63) is 10.1 Å². The van der Waals surface area contributed by atoms with E-state index in [-0.39, 0.29) is 13.0 Å². The van der Waals surface area contributed by atoms with Crippen LogP contribution in [0.2, 0.25) is 0 Å². The lowest BCUT2D eigenvalue weighted by Gasteiger charge is -2.31. The van der Waals surface area contributed by atoms with Crippen molar-refractivity contribution >= 4 is 15.2 Å². The molecule has 0 rings (SSSR count). The van der Waals surface area contributed by atoms with Gasteiger partial charge in [0.2, 0.25) is 0 Å². The van der Waals surface area contributed by atoms with E-state index in [9.17, 15) is 19.2 Å². The van der Waals surface area contributed by atoms with E-state index in [0.717, 1.165) is 0 Å². The van der Waals surface area contributed by atoms with E-state index in [2.05, 4.69) is 4.84 Å². The molecule has 11 nitrogen and oxygen atoms in total. The highest BCUT2D eigenvalue weighted by atomic mass is 31.2. The summed E-state index contributed by atoms with van der Waals surface area (Å²) < 4.78 is 22.1. The normalized spacial score (nSPS) is 13.5. The van der Waals surface area contributed by atoms with Gasteiger partial charge in [-0.1, -0.05) is 0 Å². The quantitative estimate of drug-likeness (QED) is 0.219. The minimum atomic E-state index is -5.59. The van der Waals surface area contributed by atoms with E-state index < -0.39 is 31.8 Å². The third-order valence-electron chi connectivity index (χ3n) is 1.84. The Morgan fingerprint density at radius 2 is 1.65 bits per heavy atom. The van der Waals surface area contributed by atoms with Crippen molar-refractivity contribution in [2.45, 2.75) is 17.9 Å². The average Bonchev–Trinajstić information content (AvgIpc) is 2.07. The minimum absolute atomic E-state index is 0.178. The fraction of sp³-hybridized carbons (Fsp3) is 1.00. The van der Waals surface area contributed by atoms with Crippen LogP contribution in [0.15, 0.2) is 0 Å². The Bertz CT molecular complexity index is 349. The van der Waals surface area contributed by atoms with Gasteiger partial charge in [-0.25, -0.2) is 0 Å². The number of rotatable bonds is 7. The molecule has 102 valence electrons.